The lowest BCUT2D eigenvalue weighted by Gasteiger charge is -2.21. The third kappa shape index (κ3) is 2.12. The molecule has 1 aliphatic rings. The Labute approximate surface area is 86.8 Å². The van der Waals surface area contributed by atoms with Crippen molar-refractivity contribution >= 4 is 5.91 Å². The average molecular weight is 210 g/mol. The van der Waals surface area contributed by atoms with E-state index in [-0.39, 0.29) is 12.5 Å². The highest BCUT2D eigenvalue weighted by Crippen LogP contribution is 2.27. The Kier molecular flexibility index (Phi) is 2.63. The van der Waals surface area contributed by atoms with Crippen LogP contribution < -0.4 is 11.1 Å². The maximum Gasteiger partial charge on any atom is 0.240 e. The van der Waals surface area contributed by atoms with E-state index in [4.69, 9.17) is 5.73 Å². The van der Waals surface area contributed by atoms with Gasteiger partial charge in [-0.2, -0.15) is 5.21 Å². The van der Waals surface area contributed by atoms with E-state index in [2.05, 4.69) is 25.9 Å². The van der Waals surface area contributed by atoms with Crippen LogP contribution in [0.4, 0.5) is 0 Å². The first-order chi connectivity index (χ1) is 7.21. The summed E-state index contributed by atoms with van der Waals surface area (Å²) in [6.07, 6.45) is 3.55. The molecule has 0 aromatic carbocycles. The number of hydrogen-bond acceptors (Lipinski definition) is 5. The standard InChI is InChI=1S/C8H14N6O/c9-8(3-1-2-4-8)7(15)10-5-6-11-13-14-12-6/h1-5,9H2,(H,10,15)(H,11,12,13,14). The molecule has 4 N–H and O–H groups in total. The van der Waals surface area contributed by atoms with Crippen LogP contribution in [0.2, 0.25) is 0 Å². The van der Waals surface area contributed by atoms with Gasteiger partial charge in [0, 0.05) is 0 Å². The number of aromatic amines is 1. The number of nitrogens with one attached hydrogen (secondary N) is 2. The molecule has 1 heterocycles. The van der Waals surface area contributed by atoms with Crippen molar-refractivity contribution in [2.45, 2.75) is 37.8 Å². The molecule has 7 nitrogen and oxygen atoms in total. The fourth-order valence-electron chi connectivity index (χ4n) is 1.83. The number of aromatic nitrogens is 4. The number of nitrogens with two attached hydrogens (primary N) is 1. The van der Waals surface area contributed by atoms with Crippen molar-refractivity contribution in [2.75, 3.05) is 0 Å². The predicted molar refractivity (Wildman–Crippen MR) is 51.4 cm³/mol. The van der Waals surface area contributed by atoms with Gasteiger partial charge in [-0.05, 0) is 12.8 Å². The minimum Gasteiger partial charge on any atom is -0.347 e. The molecule has 1 saturated carbocycles. The minimum absolute atomic E-state index is 0.121. The van der Waals surface area contributed by atoms with E-state index >= 15 is 0 Å². The molecule has 2 rings (SSSR count). The second kappa shape index (κ2) is 3.93. The molecule has 7 heteroatoms. The molecular weight excluding hydrogens is 196 g/mol. The molecule has 0 radical (unpaired) electrons. The van der Waals surface area contributed by atoms with Crippen molar-refractivity contribution in [2.24, 2.45) is 5.73 Å². The van der Waals surface area contributed by atoms with Crippen LogP contribution in [0.5, 0.6) is 0 Å². The van der Waals surface area contributed by atoms with Crippen LogP contribution in [0.3, 0.4) is 0 Å². The van der Waals surface area contributed by atoms with Gasteiger partial charge in [0.1, 0.15) is 0 Å². The van der Waals surface area contributed by atoms with Crippen molar-refractivity contribution in [3.63, 3.8) is 0 Å². The Bertz CT molecular complexity index is 329. The van der Waals surface area contributed by atoms with E-state index in [9.17, 15) is 4.79 Å². The van der Waals surface area contributed by atoms with E-state index in [0.29, 0.717) is 5.82 Å². The van der Waals surface area contributed by atoms with Gasteiger partial charge in [-0.15, -0.1) is 10.2 Å². The highest BCUT2D eigenvalue weighted by Gasteiger charge is 2.36. The maximum atomic E-state index is 11.7. The molecule has 1 amide bonds. The van der Waals surface area contributed by atoms with Crippen molar-refractivity contribution in [3.8, 4) is 0 Å². The number of nitrogens with zero attached hydrogens (tertiary/aromatic N) is 3. The summed E-state index contributed by atoms with van der Waals surface area (Å²) in [5, 5.41) is 15.9. The molecule has 1 aromatic rings. The normalized spacial score (nSPS) is 19.0. The van der Waals surface area contributed by atoms with Crippen molar-refractivity contribution < 1.29 is 4.79 Å². The predicted octanol–water partition coefficient (Wildman–Crippen LogP) is -0.913. The summed E-state index contributed by atoms with van der Waals surface area (Å²) < 4.78 is 0. The zero-order valence-corrected chi connectivity index (χ0v) is 8.36. The average Bonchev–Trinajstić information content (AvgIpc) is 2.85. The highest BCUT2D eigenvalue weighted by molar-refractivity contribution is 5.86. The number of amides is 1. The Morgan fingerprint density at radius 3 is 2.87 bits per heavy atom. The molecule has 15 heavy (non-hydrogen) atoms. The van der Waals surface area contributed by atoms with Crippen LogP contribution in [0.15, 0.2) is 0 Å². The van der Waals surface area contributed by atoms with Gasteiger partial charge in [0.05, 0.1) is 12.1 Å². The minimum atomic E-state index is -0.691. The lowest BCUT2D eigenvalue weighted by atomic mass is 9.98. The van der Waals surface area contributed by atoms with E-state index in [1.807, 2.05) is 0 Å². The lowest BCUT2D eigenvalue weighted by Crippen LogP contribution is -2.51. The van der Waals surface area contributed by atoms with Gasteiger partial charge in [0.2, 0.25) is 5.91 Å². The molecule has 1 fully saturated rings. The van der Waals surface area contributed by atoms with Crippen LogP contribution in [0, 0.1) is 0 Å². The van der Waals surface area contributed by atoms with Crippen LogP contribution >= 0.6 is 0 Å². The smallest absolute Gasteiger partial charge is 0.240 e. The fourth-order valence-corrected chi connectivity index (χ4v) is 1.83. The van der Waals surface area contributed by atoms with E-state index in [0.717, 1.165) is 25.7 Å². The molecule has 0 atom stereocenters. The van der Waals surface area contributed by atoms with Crippen LogP contribution in [-0.2, 0) is 11.3 Å². The zero-order valence-electron chi connectivity index (χ0n) is 8.36. The quantitative estimate of drug-likeness (QED) is 0.598. The molecule has 82 valence electrons. The summed E-state index contributed by atoms with van der Waals surface area (Å²) in [7, 11) is 0. The van der Waals surface area contributed by atoms with Crippen LogP contribution in [0.25, 0.3) is 0 Å². The zero-order chi connectivity index (χ0) is 10.7. The molecule has 1 aliphatic carbocycles. The first-order valence-corrected chi connectivity index (χ1v) is 5.00. The van der Waals surface area contributed by atoms with Crippen molar-refractivity contribution in [1.29, 1.82) is 0 Å². The Morgan fingerprint density at radius 1 is 1.53 bits per heavy atom. The van der Waals surface area contributed by atoms with E-state index in [1.165, 1.54) is 0 Å². The molecule has 0 unspecified atom stereocenters. The lowest BCUT2D eigenvalue weighted by molar-refractivity contribution is -0.126. The summed E-state index contributed by atoms with van der Waals surface area (Å²) in [6, 6.07) is 0. The molecule has 0 saturated heterocycles. The van der Waals surface area contributed by atoms with Crippen molar-refractivity contribution in [1.82, 2.24) is 25.9 Å². The molecule has 1 aromatic heterocycles. The van der Waals surface area contributed by atoms with E-state index in [1.54, 1.807) is 0 Å². The highest BCUT2D eigenvalue weighted by atomic mass is 16.2. The Morgan fingerprint density at radius 2 is 2.27 bits per heavy atom. The number of H-pyrrole nitrogens is 1. The second-order valence-corrected chi connectivity index (χ2v) is 3.87. The first-order valence-electron chi connectivity index (χ1n) is 5.00. The summed E-state index contributed by atoms with van der Waals surface area (Å²) in [4.78, 5) is 11.7. The largest absolute Gasteiger partial charge is 0.347 e. The number of hydrogen-bond donors (Lipinski definition) is 3. The molecule has 0 spiro atoms. The number of tetrazole rings is 1. The monoisotopic (exact) mass is 210 g/mol. The van der Waals surface area contributed by atoms with E-state index < -0.39 is 5.54 Å². The Hall–Kier alpha value is -1.50. The van der Waals surface area contributed by atoms with Crippen molar-refractivity contribution in [3.05, 3.63) is 5.82 Å². The first kappa shape index (κ1) is 10.0. The van der Waals surface area contributed by atoms with Gasteiger partial charge in [-0.1, -0.05) is 18.1 Å². The summed E-state index contributed by atoms with van der Waals surface area (Å²) >= 11 is 0. The second-order valence-electron chi connectivity index (χ2n) is 3.87. The summed E-state index contributed by atoms with van der Waals surface area (Å²) in [5.41, 5.74) is 5.28. The molecular formula is C8H14N6O. The number of rotatable bonds is 3. The van der Waals surface area contributed by atoms with Gasteiger partial charge in [-0.3, -0.25) is 4.79 Å². The van der Waals surface area contributed by atoms with Gasteiger partial charge < -0.3 is 11.1 Å². The van der Waals surface area contributed by atoms with Gasteiger partial charge >= 0.3 is 0 Å². The SMILES string of the molecule is NC1(C(=O)NCc2nn[nH]n2)CCCC1. The molecule has 0 aliphatic heterocycles. The third-order valence-corrected chi connectivity index (χ3v) is 2.74. The van der Waals surface area contributed by atoms with Gasteiger partial charge in [0.15, 0.2) is 5.82 Å². The maximum absolute atomic E-state index is 11.7. The topological polar surface area (TPSA) is 110 Å². The Balaban J connectivity index is 1.87. The van der Waals surface area contributed by atoms with Crippen LogP contribution in [0.1, 0.15) is 31.5 Å². The number of carbonyl (C=O) groups excluding carboxylic acids is 1. The van der Waals surface area contributed by atoms with Gasteiger partial charge in [0.25, 0.3) is 0 Å². The summed E-state index contributed by atoms with van der Waals surface area (Å²) in [5.74, 6) is 0.342. The molecule has 0 bridgehead atoms. The third-order valence-electron chi connectivity index (χ3n) is 2.74. The van der Waals surface area contributed by atoms with Gasteiger partial charge in [-0.25, -0.2) is 0 Å². The number of carbonyl (C=O) groups is 1. The van der Waals surface area contributed by atoms with Crippen LogP contribution in [-0.4, -0.2) is 32.1 Å². The summed E-state index contributed by atoms with van der Waals surface area (Å²) in [6.45, 7) is 0.272. The fraction of sp³-hybridized carbons (Fsp3) is 0.750.